The van der Waals surface area contributed by atoms with Gasteiger partial charge in [0, 0.05) is 0 Å². The molecule has 0 aliphatic rings. The number of hydrogen-bond donors (Lipinski definition) is 3. The van der Waals surface area contributed by atoms with Gasteiger partial charge in [-0.3, -0.25) is 4.98 Å². The average molecular weight is 238 g/mol. The Labute approximate surface area is 84.1 Å². The highest BCUT2D eigenvalue weighted by Crippen LogP contribution is 2.31. The molecule has 1 aromatic heterocycles. The van der Waals surface area contributed by atoms with E-state index in [-0.39, 0.29) is 5.69 Å². The normalized spacial score (nSPS) is 12.0. The fraction of sp³-hybridized carbons (Fsp3) is 0.167. The van der Waals surface area contributed by atoms with Gasteiger partial charge in [0.05, 0.1) is 17.6 Å². The van der Waals surface area contributed by atoms with Crippen LogP contribution in [0.3, 0.4) is 0 Å². The number of aromatic nitrogens is 1. The number of nitrogen functional groups attached to an aromatic ring is 2. The maximum absolute atomic E-state index is 12.3. The Morgan fingerprint density at radius 1 is 1.33 bits per heavy atom. The second-order valence-corrected chi connectivity index (χ2v) is 4.19. The highest BCUT2D eigenvalue weighted by molar-refractivity contribution is 7.89. The largest absolute Gasteiger partial charge is 0.396 e. The first-order valence-corrected chi connectivity index (χ1v) is 5.14. The summed E-state index contributed by atoms with van der Waals surface area (Å²) in [6.07, 6.45) is -2.22. The molecule has 9 heteroatoms. The molecular weight excluding hydrogens is 230 g/mol. The first-order valence-electron chi connectivity index (χ1n) is 3.60. The quantitative estimate of drug-likeness (QED) is 0.659. The van der Waals surface area contributed by atoms with E-state index in [2.05, 4.69) is 4.98 Å². The first kappa shape index (κ1) is 11.6. The fourth-order valence-electron chi connectivity index (χ4n) is 1.03. The molecule has 6 N–H and O–H groups in total. The summed E-state index contributed by atoms with van der Waals surface area (Å²) in [5, 5.41) is 4.77. The van der Waals surface area contributed by atoms with Gasteiger partial charge in [0.1, 0.15) is 10.6 Å². The van der Waals surface area contributed by atoms with Crippen LogP contribution in [0, 0.1) is 0 Å². The molecule has 0 saturated carbocycles. The molecule has 6 nitrogen and oxygen atoms in total. The van der Waals surface area contributed by atoms with Gasteiger partial charge in [0.15, 0.2) is 0 Å². The molecule has 0 unspecified atom stereocenters. The zero-order chi connectivity index (χ0) is 11.8. The average Bonchev–Trinajstić information content (AvgIpc) is 2.00. The molecule has 0 amide bonds. The van der Waals surface area contributed by atoms with Crippen molar-refractivity contribution in [1.29, 1.82) is 0 Å². The molecule has 0 saturated heterocycles. The summed E-state index contributed by atoms with van der Waals surface area (Å²) in [4.78, 5) is 2.52. The Morgan fingerprint density at radius 2 is 1.87 bits per heavy atom. The summed E-state index contributed by atoms with van der Waals surface area (Å²) in [6.45, 7) is 0. The summed E-state index contributed by atoms with van der Waals surface area (Å²) in [6, 6.07) is 0. The monoisotopic (exact) mass is 238 g/mol. The van der Waals surface area contributed by atoms with Crippen molar-refractivity contribution in [2.45, 2.75) is 11.3 Å². The van der Waals surface area contributed by atoms with E-state index in [0.29, 0.717) is 0 Å². The number of anilines is 2. The third-order valence-corrected chi connectivity index (χ3v) is 2.64. The van der Waals surface area contributed by atoms with E-state index in [0.717, 1.165) is 6.20 Å². The van der Waals surface area contributed by atoms with Crippen molar-refractivity contribution < 1.29 is 17.2 Å². The molecule has 0 aliphatic carbocycles. The molecule has 84 valence electrons. The van der Waals surface area contributed by atoms with Crippen LogP contribution >= 0.6 is 0 Å². The molecule has 0 radical (unpaired) electrons. The van der Waals surface area contributed by atoms with Gasteiger partial charge in [0.25, 0.3) is 6.43 Å². The van der Waals surface area contributed by atoms with Gasteiger partial charge in [0.2, 0.25) is 10.0 Å². The summed E-state index contributed by atoms with van der Waals surface area (Å²) in [5.41, 5.74) is 8.49. The van der Waals surface area contributed by atoms with Crippen LogP contribution in [0.15, 0.2) is 11.1 Å². The Hall–Kier alpha value is -1.48. The van der Waals surface area contributed by atoms with E-state index >= 15 is 0 Å². The SMILES string of the molecule is Nc1cnc(C(F)F)c(N)c1S(N)(=O)=O. The Balaban J connectivity index is 3.59. The predicted octanol–water partition coefficient (Wildman–Crippen LogP) is -0.169. The van der Waals surface area contributed by atoms with E-state index in [4.69, 9.17) is 16.6 Å². The zero-order valence-corrected chi connectivity index (χ0v) is 8.13. The number of alkyl halides is 2. The number of sulfonamides is 1. The van der Waals surface area contributed by atoms with Crippen LogP contribution in [0.5, 0.6) is 0 Å². The highest BCUT2D eigenvalue weighted by atomic mass is 32.2. The van der Waals surface area contributed by atoms with E-state index < -0.39 is 32.7 Å². The van der Waals surface area contributed by atoms with Crippen molar-refractivity contribution in [2.75, 3.05) is 11.5 Å². The van der Waals surface area contributed by atoms with Crippen molar-refractivity contribution in [3.05, 3.63) is 11.9 Å². The number of nitrogens with zero attached hydrogens (tertiary/aromatic N) is 1. The number of pyridine rings is 1. The zero-order valence-electron chi connectivity index (χ0n) is 7.31. The smallest absolute Gasteiger partial charge is 0.282 e. The summed E-state index contributed by atoms with van der Waals surface area (Å²) in [7, 11) is -4.24. The lowest BCUT2D eigenvalue weighted by Crippen LogP contribution is -2.18. The minimum Gasteiger partial charge on any atom is -0.396 e. The van der Waals surface area contributed by atoms with Gasteiger partial charge < -0.3 is 11.5 Å². The van der Waals surface area contributed by atoms with Gasteiger partial charge in [-0.05, 0) is 0 Å². The number of halogens is 2. The second kappa shape index (κ2) is 3.59. The van der Waals surface area contributed by atoms with Crippen LogP contribution in [0.1, 0.15) is 12.1 Å². The van der Waals surface area contributed by atoms with E-state index in [1.807, 2.05) is 0 Å². The molecule has 0 bridgehead atoms. The van der Waals surface area contributed by atoms with E-state index in [9.17, 15) is 17.2 Å². The number of nitrogens with two attached hydrogens (primary N) is 3. The van der Waals surface area contributed by atoms with Crippen molar-refractivity contribution in [3.8, 4) is 0 Å². The predicted molar refractivity (Wildman–Crippen MR) is 49.4 cm³/mol. The summed E-state index contributed by atoms with van der Waals surface area (Å²) >= 11 is 0. The molecule has 1 heterocycles. The fourth-order valence-corrected chi connectivity index (χ4v) is 1.82. The lowest BCUT2D eigenvalue weighted by atomic mass is 10.3. The Bertz CT molecular complexity index is 488. The molecule has 0 spiro atoms. The summed E-state index contributed by atoms with van der Waals surface area (Å²) < 4.78 is 46.6. The topological polar surface area (TPSA) is 125 Å². The molecule has 1 aromatic rings. The lowest BCUT2D eigenvalue weighted by molar-refractivity contribution is 0.147. The molecule has 0 atom stereocenters. The first-order chi connectivity index (χ1) is 6.75. The Morgan fingerprint density at radius 3 is 2.27 bits per heavy atom. The second-order valence-electron chi connectivity index (χ2n) is 2.69. The van der Waals surface area contributed by atoms with Crippen LogP contribution in [-0.4, -0.2) is 13.4 Å². The molecule has 0 aromatic carbocycles. The third kappa shape index (κ3) is 2.13. The van der Waals surface area contributed by atoms with Crippen molar-refractivity contribution >= 4 is 21.4 Å². The van der Waals surface area contributed by atoms with Gasteiger partial charge in [-0.2, -0.15) is 0 Å². The summed E-state index contributed by atoms with van der Waals surface area (Å²) in [5.74, 6) is 0. The number of rotatable bonds is 2. The van der Waals surface area contributed by atoms with Crippen LogP contribution in [0.25, 0.3) is 0 Å². The van der Waals surface area contributed by atoms with Gasteiger partial charge >= 0.3 is 0 Å². The number of primary sulfonamides is 1. The van der Waals surface area contributed by atoms with Crippen LogP contribution in [0.2, 0.25) is 0 Å². The van der Waals surface area contributed by atoms with E-state index in [1.54, 1.807) is 0 Å². The van der Waals surface area contributed by atoms with Crippen LogP contribution in [0.4, 0.5) is 20.2 Å². The maximum atomic E-state index is 12.3. The molecule has 0 aliphatic heterocycles. The minimum absolute atomic E-state index is 0.362. The lowest BCUT2D eigenvalue weighted by Gasteiger charge is -2.10. The highest BCUT2D eigenvalue weighted by Gasteiger charge is 2.23. The van der Waals surface area contributed by atoms with Gasteiger partial charge in [-0.1, -0.05) is 0 Å². The Kier molecular flexibility index (Phi) is 2.77. The van der Waals surface area contributed by atoms with Crippen LogP contribution in [-0.2, 0) is 10.0 Å². The standard InChI is InChI=1S/C6H8F2N4O2S/c7-6(8)4-3(10)5(15(11,13)14)2(9)1-12-4/h1,6H,9-10H2,(H2,11,13,14). The molecular formula is C6H8F2N4O2S. The van der Waals surface area contributed by atoms with Crippen molar-refractivity contribution in [1.82, 2.24) is 4.98 Å². The number of hydrogen-bond acceptors (Lipinski definition) is 5. The minimum atomic E-state index is -4.24. The van der Waals surface area contributed by atoms with Gasteiger partial charge in [-0.25, -0.2) is 22.3 Å². The maximum Gasteiger partial charge on any atom is 0.282 e. The molecule has 15 heavy (non-hydrogen) atoms. The van der Waals surface area contributed by atoms with Gasteiger partial charge in [-0.15, -0.1) is 0 Å². The van der Waals surface area contributed by atoms with Crippen LogP contribution < -0.4 is 16.6 Å². The van der Waals surface area contributed by atoms with Crippen molar-refractivity contribution in [3.63, 3.8) is 0 Å². The van der Waals surface area contributed by atoms with Crippen molar-refractivity contribution in [2.24, 2.45) is 5.14 Å². The molecule has 0 fully saturated rings. The third-order valence-electron chi connectivity index (χ3n) is 1.62. The van der Waals surface area contributed by atoms with E-state index in [1.165, 1.54) is 0 Å². The molecule has 1 rings (SSSR count).